The number of halogens is 2. The molecule has 0 nitrogen and oxygen atoms in total. The molecule has 1 aromatic rings. The van der Waals surface area contributed by atoms with E-state index in [4.69, 9.17) is 0 Å². The fraction of sp³-hybridized carbons (Fsp3) is 0.480. The average Bonchev–Trinajstić information content (AvgIpc) is 3.12. The third-order valence-electron chi connectivity index (χ3n) is 5.66. The van der Waals surface area contributed by atoms with Crippen LogP contribution in [0.3, 0.4) is 0 Å². The molecule has 0 heterocycles. The minimum absolute atomic E-state index is 0. The van der Waals surface area contributed by atoms with Gasteiger partial charge in [0.25, 0.3) is 0 Å². The fourth-order valence-electron chi connectivity index (χ4n) is 4.32. The predicted octanol–water partition coefficient (Wildman–Crippen LogP) is 1.27. The van der Waals surface area contributed by atoms with Gasteiger partial charge in [0, 0.05) is 0 Å². The molecule has 0 saturated heterocycles. The molecule has 3 rings (SSSR count). The van der Waals surface area contributed by atoms with Crippen LogP contribution in [0.15, 0.2) is 51.9 Å². The number of fused-ring (bicyclic) bond motifs is 1. The van der Waals surface area contributed by atoms with Gasteiger partial charge in [0.2, 0.25) is 0 Å². The van der Waals surface area contributed by atoms with E-state index in [9.17, 15) is 0 Å². The van der Waals surface area contributed by atoms with Crippen molar-refractivity contribution in [1.29, 1.82) is 0 Å². The largest absolute Gasteiger partial charge is 1.00 e. The summed E-state index contributed by atoms with van der Waals surface area (Å²) < 4.78 is 4.07. The van der Waals surface area contributed by atoms with Crippen molar-refractivity contribution in [2.45, 2.75) is 66.0 Å². The Morgan fingerprint density at radius 1 is 0.929 bits per heavy atom. The van der Waals surface area contributed by atoms with Crippen LogP contribution in [0.4, 0.5) is 0 Å². The molecule has 0 saturated carbocycles. The second-order valence-corrected chi connectivity index (χ2v) is 14.9. The van der Waals surface area contributed by atoms with Gasteiger partial charge < -0.3 is 24.8 Å². The molecule has 1 unspecified atom stereocenters. The number of hydrogen-bond acceptors (Lipinski definition) is 0. The maximum Gasteiger partial charge on any atom is -1.00 e. The van der Waals surface area contributed by atoms with Crippen LogP contribution < -0.4 is 24.8 Å². The zero-order chi connectivity index (χ0) is 19.3. The van der Waals surface area contributed by atoms with E-state index in [-0.39, 0.29) is 35.6 Å². The van der Waals surface area contributed by atoms with Gasteiger partial charge in [-0.3, -0.25) is 0 Å². The van der Waals surface area contributed by atoms with Crippen LogP contribution in [0.5, 0.6) is 0 Å². The molecule has 2 aliphatic carbocycles. The molecule has 0 radical (unpaired) electrons. The summed E-state index contributed by atoms with van der Waals surface area (Å²) in [5, 5.41) is 0. The van der Waals surface area contributed by atoms with Gasteiger partial charge in [-0.15, -0.1) is 0 Å². The smallest absolute Gasteiger partial charge is 1.00 e. The van der Waals surface area contributed by atoms with E-state index in [0.717, 1.165) is 0 Å². The topological polar surface area (TPSA) is 0 Å². The zero-order valence-corrected chi connectivity index (χ0v) is 21.7. The van der Waals surface area contributed by atoms with Crippen LogP contribution in [0.1, 0.15) is 77.2 Å². The minimum Gasteiger partial charge on any atom is -1.00 e. The summed E-state index contributed by atoms with van der Waals surface area (Å²) in [4.78, 5) is 0. The van der Waals surface area contributed by atoms with Crippen LogP contribution in [0.2, 0.25) is 0 Å². The Labute approximate surface area is 190 Å². The molecular formula is C25H34Cl2Ti. The summed E-state index contributed by atoms with van der Waals surface area (Å²) in [6, 6.07) is 9.17. The molecule has 0 N–H and O–H groups in total. The van der Waals surface area contributed by atoms with Crippen molar-refractivity contribution in [2.24, 2.45) is 10.8 Å². The Morgan fingerprint density at radius 3 is 2.04 bits per heavy atom. The van der Waals surface area contributed by atoms with E-state index in [2.05, 4.69) is 97.9 Å². The van der Waals surface area contributed by atoms with Gasteiger partial charge in [0.15, 0.2) is 0 Å². The minimum atomic E-state index is -1.56. The summed E-state index contributed by atoms with van der Waals surface area (Å²) in [6.45, 7) is 18.8. The third kappa shape index (κ3) is 5.01. The Balaban J connectivity index is 0.00000196. The molecule has 3 heteroatoms. The summed E-state index contributed by atoms with van der Waals surface area (Å²) in [6.07, 6.45) is 8.86. The van der Waals surface area contributed by atoms with E-state index in [0.29, 0.717) is 4.22 Å². The normalized spacial score (nSPS) is 18.0. The van der Waals surface area contributed by atoms with E-state index in [1.807, 2.05) is 0 Å². The number of rotatable bonds is 2. The predicted molar refractivity (Wildman–Crippen MR) is 113 cm³/mol. The van der Waals surface area contributed by atoms with E-state index >= 15 is 0 Å². The van der Waals surface area contributed by atoms with Gasteiger partial charge in [0.05, 0.1) is 0 Å². The van der Waals surface area contributed by atoms with Crippen LogP contribution in [0, 0.1) is 10.8 Å². The third-order valence-corrected chi connectivity index (χ3v) is 10.7. The zero-order valence-electron chi connectivity index (χ0n) is 18.6. The Morgan fingerprint density at radius 2 is 1.54 bits per heavy atom. The molecule has 0 amide bonds. The average molecular weight is 453 g/mol. The Hall–Kier alpha value is -0.396. The molecule has 1 atom stereocenters. The van der Waals surface area contributed by atoms with Crippen molar-refractivity contribution in [3.8, 4) is 0 Å². The van der Waals surface area contributed by atoms with Crippen molar-refractivity contribution in [3.63, 3.8) is 0 Å². The number of benzene rings is 1. The van der Waals surface area contributed by atoms with Gasteiger partial charge in [-0.2, -0.15) is 0 Å². The van der Waals surface area contributed by atoms with Gasteiger partial charge in [-0.05, 0) is 0 Å². The van der Waals surface area contributed by atoms with Crippen LogP contribution in [-0.2, 0) is 17.4 Å². The monoisotopic (exact) mass is 452 g/mol. The van der Waals surface area contributed by atoms with Crippen LogP contribution >= 0.6 is 0 Å². The summed E-state index contributed by atoms with van der Waals surface area (Å²) in [5.41, 5.74) is 6.62. The Bertz CT molecular complexity index is 851. The summed E-state index contributed by atoms with van der Waals surface area (Å²) >= 11 is -1.56. The van der Waals surface area contributed by atoms with Crippen molar-refractivity contribution >= 4 is 9.38 Å². The van der Waals surface area contributed by atoms with Crippen molar-refractivity contribution in [2.75, 3.05) is 0 Å². The van der Waals surface area contributed by atoms with Gasteiger partial charge in [-0.25, -0.2) is 0 Å². The molecule has 0 aliphatic heterocycles. The first-order chi connectivity index (χ1) is 12.0. The number of hydrogen-bond donors (Lipinski definition) is 0. The second-order valence-electron chi connectivity index (χ2n) is 10.1. The molecule has 0 bridgehead atoms. The van der Waals surface area contributed by atoms with Crippen LogP contribution in [-0.4, -0.2) is 3.81 Å². The summed E-state index contributed by atoms with van der Waals surface area (Å²) in [7, 11) is 0. The molecule has 152 valence electrons. The van der Waals surface area contributed by atoms with E-state index < -0.39 is 17.4 Å². The Kier molecular flexibility index (Phi) is 8.40. The number of allylic oxidation sites excluding steroid dienone is 6. The van der Waals surface area contributed by atoms with Crippen LogP contribution in [0.25, 0.3) is 5.57 Å². The standard InChI is InChI=1S/C13H15.C9H13.C3H6.2ClH.Ti/c1-13(2,3)12-9-8-10-6-4-5-7-11(10)12;1-9(2,3)8-6-4-5-7-8;1-3-2;;;/h4-9H,1-3H3;6-7H,4H2,1-3H3;1-2H3;2*1H;/q;;;;;+2/p-2. The first-order valence-corrected chi connectivity index (χ1v) is 12.4. The molecular weight excluding hydrogens is 419 g/mol. The molecule has 0 fully saturated rings. The maximum atomic E-state index is 2.64. The van der Waals surface area contributed by atoms with E-state index in [1.54, 1.807) is 18.8 Å². The SMILES string of the molecule is C[C](C)=[Ti+2]([C]1=CC(C(C)(C)C)=CC1)[CH]1C=C(C(C)(C)C)c2ccccc21.[Cl-].[Cl-]. The first-order valence-electron chi connectivity index (χ1n) is 9.90. The quantitative estimate of drug-likeness (QED) is 0.592. The summed E-state index contributed by atoms with van der Waals surface area (Å²) in [5.74, 6) is 0. The van der Waals surface area contributed by atoms with Gasteiger partial charge in [-0.1, -0.05) is 0 Å². The van der Waals surface area contributed by atoms with Crippen molar-refractivity contribution in [3.05, 3.63) is 63.1 Å². The van der Waals surface area contributed by atoms with Crippen molar-refractivity contribution in [1.82, 2.24) is 0 Å². The second kappa shape index (κ2) is 9.17. The van der Waals surface area contributed by atoms with Crippen molar-refractivity contribution < 1.29 is 42.2 Å². The molecule has 2 aliphatic rings. The van der Waals surface area contributed by atoms with Gasteiger partial charge in [0.1, 0.15) is 0 Å². The first kappa shape index (κ1) is 25.6. The van der Waals surface area contributed by atoms with Gasteiger partial charge >= 0.3 is 167 Å². The molecule has 0 spiro atoms. The molecule has 28 heavy (non-hydrogen) atoms. The fourth-order valence-corrected chi connectivity index (χ4v) is 9.31. The maximum absolute atomic E-state index is 2.64. The molecule has 0 aromatic heterocycles. The van der Waals surface area contributed by atoms with E-state index in [1.165, 1.54) is 17.6 Å². The molecule has 1 aromatic carbocycles.